The minimum Gasteiger partial charge on any atom is -0.314 e. The fraction of sp³-hybridized carbons (Fsp3) is 0.316. The van der Waals surface area contributed by atoms with Crippen molar-refractivity contribution in [2.24, 2.45) is 0 Å². The van der Waals surface area contributed by atoms with E-state index in [1.807, 2.05) is 31.2 Å². The fourth-order valence-corrected chi connectivity index (χ4v) is 5.71. The summed E-state index contributed by atoms with van der Waals surface area (Å²) in [6, 6.07) is 12.4. The molecule has 2 saturated heterocycles. The highest BCUT2D eigenvalue weighted by Gasteiger charge is 2.53. The first kappa shape index (κ1) is 17.0. The van der Waals surface area contributed by atoms with Crippen LogP contribution in [0, 0.1) is 12.7 Å². The summed E-state index contributed by atoms with van der Waals surface area (Å²) in [6.45, 7) is 2.34. The van der Waals surface area contributed by atoms with Crippen LogP contribution in [0.15, 0.2) is 48.5 Å². The maximum Gasteiger partial charge on any atom is 0.325 e. The van der Waals surface area contributed by atoms with Crippen molar-refractivity contribution in [2.75, 3.05) is 16.4 Å². The standard InChI is InChI=1S/C19H19FN2O3S/c1-13-2-4-14(5-3-13)10-21-17-11-26(24,25)12-18(17)22(19(21)23)16-8-6-15(20)7-9-16/h2-9,17-18H,10-12H2,1H3/t17-,18-/m1/s1. The predicted molar refractivity (Wildman–Crippen MR) is 97.2 cm³/mol. The molecule has 2 aliphatic rings. The van der Waals surface area contributed by atoms with Crippen molar-refractivity contribution in [1.29, 1.82) is 0 Å². The Morgan fingerprint density at radius 1 is 1.00 bits per heavy atom. The highest BCUT2D eigenvalue weighted by Crippen LogP contribution is 2.35. The van der Waals surface area contributed by atoms with Crippen molar-refractivity contribution >= 4 is 21.6 Å². The quantitative estimate of drug-likeness (QED) is 0.777. The number of rotatable bonds is 3. The minimum atomic E-state index is -3.22. The lowest BCUT2D eigenvalue weighted by atomic mass is 10.1. The molecule has 2 amide bonds. The molecular weight excluding hydrogens is 355 g/mol. The molecule has 2 heterocycles. The Morgan fingerprint density at radius 3 is 2.27 bits per heavy atom. The van der Waals surface area contributed by atoms with E-state index in [4.69, 9.17) is 0 Å². The smallest absolute Gasteiger partial charge is 0.314 e. The van der Waals surface area contributed by atoms with E-state index in [2.05, 4.69) is 0 Å². The van der Waals surface area contributed by atoms with Crippen molar-refractivity contribution in [2.45, 2.75) is 25.6 Å². The second-order valence-corrected chi connectivity index (χ2v) is 9.11. The Labute approximate surface area is 152 Å². The Balaban J connectivity index is 1.69. The zero-order chi connectivity index (χ0) is 18.5. The van der Waals surface area contributed by atoms with Crippen molar-refractivity contribution < 1.29 is 17.6 Å². The largest absolute Gasteiger partial charge is 0.325 e. The van der Waals surface area contributed by atoms with Gasteiger partial charge in [-0.15, -0.1) is 0 Å². The monoisotopic (exact) mass is 374 g/mol. The van der Waals surface area contributed by atoms with Crippen molar-refractivity contribution in [1.82, 2.24) is 4.90 Å². The maximum atomic E-state index is 13.2. The van der Waals surface area contributed by atoms with Gasteiger partial charge in [-0.25, -0.2) is 17.6 Å². The Kier molecular flexibility index (Phi) is 3.99. The first-order valence-electron chi connectivity index (χ1n) is 8.45. The molecule has 0 unspecified atom stereocenters. The number of anilines is 1. The van der Waals surface area contributed by atoms with Crippen LogP contribution in [0.4, 0.5) is 14.9 Å². The molecule has 0 radical (unpaired) electrons. The van der Waals surface area contributed by atoms with Gasteiger partial charge in [-0.3, -0.25) is 4.90 Å². The molecule has 2 aromatic rings. The molecule has 5 nitrogen and oxygen atoms in total. The highest BCUT2D eigenvalue weighted by atomic mass is 32.2. The third-order valence-corrected chi connectivity index (χ3v) is 6.75. The number of sulfone groups is 1. The van der Waals surface area contributed by atoms with E-state index in [1.165, 1.54) is 29.2 Å². The van der Waals surface area contributed by atoms with Gasteiger partial charge in [-0.05, 0) is 36.8 Å². The average molecular weight is 374 g/mol. The maximum absolute atomic E-state index is 13.2. The molecule has 2 aromatic carbocycles. The van der Waals surface area contributed by atoms with Crippen LogP contribution in [0.2, 0.25) is 0 Å². The van der Waals surface area contributed by atoms with Gasteiger partial charge in [0.05, 0.1) is 23.6 Å². The van der Waals surface area contributed by atoms with E-state index in [0.29, 0.717) is 12.2 Å². The topological polar surface area (TPSA) is 57.7 Å². The lowest BCUT2D eigenvalue weighted by molar-refractivity contribution is 0.206. The Bertz CT molecular complexity index is 942. The third kappa shape index (κ3) is 2.96. The molecule has 2 aliphatic heterocycles. The number of hydrogen-bond acceptors (Lipinski definition) is 3. The molecule has 0 aliphatic carbocycles. The summed E-state index contributed by atoms with van der Waals surface area (Å²) in [5.74, 6) is -0.495. The Hall–Kier alpha value is -2.41. The van der Waals surface area contributed by atoms with Crippen molar-refractivity contribution in [3.63, 3.8) is 0 Å². The van der Waals surface area contributed by atoms with Crippen LogP contribution in [-0.2, 0) is 16.4 Å². The molecule has 4 rings (SSSR count). The van der Waals surface area contributed by atoms with Gasteiger partial charge < -0.3 is 4.90 Å². The van der Waals surface area contributed by atoms with E-state index in [0.717, 1.165) is 11.1 Å². The number of carbonyl (C=O) groups excluding carboxylic acids is 1. The van der Waals surface area contributed by atoms with Crippen LogP contribution in [0.5, 0.6) is 0 Å². The molecule has 0 bridgehead atoms. The van der Waals surface area contributed by atoms with Crippen LogP contribution in [0.25, 0.3) is 0 Å². The second-order valence-electron chi connectivity index (χ2n) is 6.95. The van der Waals surface area contributed by atoms with Gasteiger partial charge >= 0.3 is 6.03 Å². The fourth-order valence-electron chi connectivity index (χ4n) is 3.76. The summed E-state index contributed by atoms with van der Waals surface area (Å²) >= 11 is 0. The number of amides is 2. The van der Waals surface area contributed by atoms with Gasteiger partial charge in [0.1, 0.15) is 5.82 Å². The van der Waals surface area contributed by atoms with Gasteiger partial charge in [0.25, 0.3) is 0 Å². The molecule has 2 fully saturated rings. The normalized spacial score (nSPS) is 24.2. The SMILES string of the molecule is Cc1ccc(CN2C(=O)N(c3ccc(F)cc3)[C@@H]3CS(=O)(=O)C[C@H]32)cc1. The molecule has 136 valence electrons. The van der Waals surface area contributed by atoms with Gasteiger partial charge in [0.15, 0.2) is 9.84 Å². The van der Waals surface area contributed by atoms with E-state index in [1.54, 1.807) is 4.90 Å². The molecule has 0 saturated carbocycles. The molecule has 2 atom stereocenters. The van der Waals surface area contributed by atoms with Gasteiger partial charge in [-0.1, -0.05) is 29.8 Å². The molecule has 26 heavy (non-hydrogen) atoms. The van der Waals surface area contributed by atoms with Crippen LogP contribution in [-0.4, -0.2) is 42.9 Å². The summed E-state index contributed by atoms with van der Waals surface area (Å²) < 4.78 is 37.6. The number of halogens is 1. The molecule has 0 spiro atoms. The van der Waals surface area contributed by atoms with Crippen molar-refractivity contribution in [3.8, 4) is 0 Å². The summed E-state index contributed by atoms with van der Waals surface area (Å²) in [5, 5.41) is 0. The summed E-state index contributed by atoms with van der Waals surface area (Å²) in [6.07, 6.45) is 0. The first-order chi connectivity index (χ1) is 12.3. The number of urea groups is 1. The zero-order valence-electron chi connectivity index (χ0n) is 14.3. The second kappa shape index (κ2) is 6.09. The number of hydrogen-bond donors (Lipinski definition) is 0. The number of fused-ring (bicyclic) bond motifs is 1. The lowest BCUT2D eigenvalue weighted by Crippen LogP contribution is -2.37. The highest BCUT2D eigenvalue weighted by molar-refractivity contribution is 7.91. The van der Waals surface area contributed by atoms with Crippen LogP contribution >= 0.6 is 0 Å². The van der Waals surface area contributed by atoms with E-state index < -0.39 is 21.7 Å². The third-order valence-electron chi connectivity index (χ3n) is 5.06. The number of nitrogens with zero attached hydrogens (tertiary/aromatic N) is 2. The van der Waals surface area contributed by atoms with Gasteiger partial charge in [-0.2, -0.15) is 0 Å². The summed E-state index contributed by atoms with van der Waals surface area (Å²) in [4.78, 5) is 16.2. The predicted octanol–water partition coefficient (Wildman–Crippen LogP) is 2.74. The van der Waals surface area contributed by atoms with E-state index in [9.17, 15) is 17.6 Å². The number of aryl methyl sites for hydroxylation is 1. The lowest BCUT2D eigenvalue weighted by Gasteiger charge is -2.22. The minimum absolute atomic E-state index is 0.0348. The van der Waals surface area contributed by atoms with Crippen LogP contribution in [0.1, 0.15) is 11.1 Å². The molecule has 7 heteroatoms. The van der Waals surface area contributed by atoms with Crippen LogP contribution in [0.3, 0.4) is 0 Å². The van der Waals surface area contributed by atoms with Crippen molar-refractivity contribution in [3.05, 3.63) is 65.5 Å². The van der Waals surface area contributed by atoms with Crippen LogP contribution < -0.4 is 4.90 Å². The average Bonchev–Trinajstić information content (AvgIpc) is 3.02. The zero-order valence-corrected chi connectivity index (χ0v) is 15.1. The number of benzene rings is 2. The first-order valence-corrected chi connectivity index (χ1v) is 10.3. The molecule has 0 aromatic heterocycles. The summed E-state index contributed by atoms with van der Waals surface area (Å²) in [5.41, 5.74) is 2.60. The molecule has 0 N–H and O–H groups in total. The Morgan fingerprint density at radius 2 is 1.62 bits per heavy atom. The van der Waals surface area contributed by atoms with Gasteiger partial charge in [0.2, 0.25) is 0 Å². The van der Waals surface area contributed by atoms with E-state index >= 15 is 0 Å². The van der Waals surface area contributed by atoms with Gasteiger partial charge in [0, 0.05) is 12.2 Å². The molecular formula is C19H19FN2O3S. The van der Waals surface area contributed by atoms with E-state index in [-0.39, 0.29) is 23.6 Å². The number of carbonyl (C=O) groups is 1. The summed E-state index contributed by atoms with van der Waals surface area (Å²) in [7, 11) is -3.22.